The molecule has 0 unspecified atom stereocenters. The van der Waals surface area contributed by atoms with E-state index in [1.807, 2.05) is 0 Å². The van der Waals surface area contributed by atoms with Gasteiger partial charge in [0.05, 0.1) is 0 Å². The number of hydrogen-bond donors (Lipinski definition) is 1. The van der Waals surface area contributed by atoms with Gasteiger partial charge in [-0.3, -0.25) is 4.79 Å². The van der Waals surface area contributed by atoms with E-state index in [0.717, 1.165) is 10.4 Å². The van der Waals surface area contributed by atoms with E-state index in [1.54, 1.807) is 18.3 Å². The van der Waals surface area contributed by atoms with Crippen LogP contribution in [0.2, 0.25) is 0 Å². The van der Waals surface area contributed by atoms with Crippen LogP contribution < -0.4 is 5.32 Å². The van der Waals surface area contributed by atoms with Crippen LogP contribution in [-0.2, 0) is 11.2 Å². The molecule has 0 atom stereocenters. The van der Waals surface area contributed by atoms with Crippen LogP contribution >= 0.6 is 11.3 Å². The predicted octanol–water partition coefficient (Wildman–Crippen LogP) is 4.78. The van der Waals surface area contributed by atoms with Crippen LogP contribution in [-0.4, -0.2) is 10.9 Å². The lowest BCUT2D eigenvalue weighted by Crippen LogP contribution is -2.18. The summed E-state index contributed by atoms with van der Waals surface area (Å²) in [5.41, 5.74) is 1.04. The monoisotopic (exact) mass is 332 g/mol. The number of aromatic nitrogens is 1. The molecule has 23 heavy (non-hydrogen) atoms. The van der Waals surface area contributed by atoms with Gasteiger partial charge in [-0.15, -0.1) is 11.3 Å². The first-order chi connectivity index (χ1) is 11.2. The summed E-state index contributed by atoms with van der Waals surface area (Å²) in [5.74, 6) is 0.371. The molecule has 3 rings (SSSR count). The predicted molar refractivity (Wildman–Crippen MR) is 91.1 cm³/mol. The van der Waals surface area contributed by atoms with Crippen molar-refractivity contribution >= 4 is 22.4 Å². The lowest BCUT2D eigenvalue weighted by molar-refractivity contribution is -0.117. The number of thiazole rings is 1. The minimum absolute atomic E-state index is 0.0691. The fraction of sp³-hybridized carbons (Fsp3) is 0.444. The van der Waals surface area contributed by atoms with Crippen molar-refractivity contribution in [3.63, 3.8) is 0 Å². The first-order valence-electron chi connectivity index (χ1n) is 8.18. The molecule has 2 aromatic rings. The maximum absolute atomic E-state index is 12.9. The molecule has 1 aliphatic rings. The number of amides is 1. The molecule has 122 valence electrons. The number of rotatable bonds is 5. The number of benzene rings is 1. The molecule has 1 aromatic carbocycles. The van der Waals surface area contributed by atoms with E-state index in [9.17, 15) is 9.18 Å². The van der Waals surface area contributed by atoms with Gasteiger partial charge in [0.1, 0.15) is 5.82 Å². The van der Waals surface area contributed by atoms with E-state index in [2.05, 4.69) is 10.3 Å². The van der Waals surface area contributed by atoms with Crippen molar-refractivity contribution in [2.75, 3.05) is 5.32 Å². The molecule has 1 fully saturated rings. The number of nitrogens with zero attached hydrogens (tertiary/aromatic N) is 1. The third-order valence-corrected chi connectivity index (χ3v) is 5.20. The van der Waals surface area contributed by atoms with Gasteiger partial charge in [-0.05, 0) is 36.5 Å². The second-order valence-corrected chi connectivity index (χ2v) is 7.31. The highest BCUT2D eigenvalue weighted by Gasteiger charge is 2.17. The number of carbonyl (C=O) groups is 1. The van der Waals surface area contributed by atoms with E-state index in [1.165, 1.54) is 55.6 Å². The highest BCUT2D eigenvalue weighted by atomic mass is 32.1. The molecule has 1 amide bonds. The molecule has 1 saturated carbocycles. The Morgan fingerprint density at radius 1 is 1.22 bits per heavy atom. The van der Waals surface area contributed by atoms with Crippen LogP contribution in [0.4, 0.5) is 9.52 Å². The van der Waals surface area contributed by atoms with Gasteiger partial charge >= 0.3 is 0 Å². The molecule has 0 aliphatic heterocycles. The fourth-order valence-electron chi connectivity index (χ4n) is 3.07. The molecule has 5 heteroatoms. The lowest BCUT2D eigenvalue weighted by Gasteiger charge is -2.20. The van der Waals surface area contributed by atoms with Crippen molar-refractivity contribution < 1.29 is 9.18 Å². The number of anilines is 1. The van der Waals surface area contributed by atoms with Gasteiger partial charge in [-0.25, -0.2) is 9.37 Å². The highest BCUT2D eigenvalue weighted by Crippen LogP contribution is 2.27. The fourth-order valence-corrected chi connectivity index (χ4v) is 3.94. The van der Waals surface area contributed by atoms with Crippen LogP contribution in [0.5, 0.6) is 0 Å². The van der Waals surface area contributed by atoms with Gasteiger partial charge in [0.25, 0.3) is 0 Å². The lowest BCUT2D eigenvalue weighted by atomic mass is 9.87. The molecule has 0 spiro atoms. The Balaban J connectivity index is 1.52. The Morgan fingerprint density at radius 3 is 2.70 bits per heavy atom. The topological polar surface area (TPSA) is 42.0 Å². The minimum Gasteiger partial charge on any atom is -0.302 e. The van der Waals surface area contributed by atoms with Crippen molar-refractivity contribution in [2.45, 2.75) is 44.9 Å². The molecule has 1 heterocycles. The summed E-state index contributed by atoms with van der Waals surface area (Å²) in [5, 5.41) is 3.57. The van der Waals surface area contributed by atoms with E-state index in [-0.39, 0.29) is 11.7 Å². The van der Waals surface area contributed by atoms with E-state index in [4.69, 9.17) is 0 Å². The van der Waals surface area contributed by atoms with Gasteiger partial charge in [0.15, 0.2) is 5.13 Å². The Kier molecular flexibility index (Phi) is 5.39. The summed E-state index contributed by atoms with van der Waals surface area (Å²) in [7, 11) is 0. The van der Waals surface area contributed by atoms with E-state index >= 15 is 0 Å². The smallest absolute Gasteiger partial charge is 0.226 e. The van der Waals surface area contributed by atoms with Crippen molar-refractivity contribution in [3.8, 4) is 0 Å². The average molecular weight is 332 g/mol. The number of halogens is 1. The normalized spacial score (nSPS) is 15.5. The zero-order valence-corrected chi connectivity index (χ0v) is 13.9. The van der Waals surface area contributed by atoms with Crippen LogP contribution in [0, 0.1) is 11.7 Å². The first kappa shape index (κ1) is 16.1. The minimum atomic E-state index is -0.228. The second-order valence-electron chi connectivity index (χ2n) is 6.19. The maximum atomic E-state index is 12.9. The van der Waals surface area contributed by atoms with E-state index < -0.39 is 0 Å². The van der Waals surface area contributed by atoms with Crippen molar-refractivity contribution in [3.05, 3.63) is 46.7 Å². The van der Waals surface area contributed by atoms with Crippen molar-refractivity contribution in [1.82, 2.24) is 4.98 Å². The van der Waals surface area contributed by atoms with Crippen LogP contribution in [0.3, 0.4) is 0 Å². The molecule has 1 aliphatic carbocycles. The molecule has 1 aromatic heterocycles. The summed E-state index contributed by atoms with van der Waals surface area (Å²) >= 11 is 1.49. The Labute approximate surface area is 140 Å². The molecule has 0 bridgehead atoms. The van der Waals surface area contributed by atoms with Crippen molar-refractivity contribution in [1.29, 1.82) is 0 Å². The quantitative estimate of drug-likeness (QED) is 0.856. The zero-order valence-electron chi connectivity index (χ0n) is 13.1. The Hall–Kier alpha value is -1.75. The third-order valence-electron chi connectivity index (χ3n) is 4.29. The largest absolute Gasteiger partial charge is 0.302 e. The van der Waals surface area contributed by atoms with Gasteiger partial charge in [-0.1, -0.05) is 31.4 Å². The molecule has 1 N–H and O–H groups in total. The SMILES string of the molecule is O=C(CC1CCCCC1)Nc1ncc(Cc2ccc(F)cc2)s1. The average Bonchev–Trinajstić information content (AvgIpc) is 2.97. The standard InChI is InChI=1S/C18H21FN2OS/c19-15-8-6-14(7-9-15)10-16-12-20-18(23-16)21-17(22)11-13-4-2-1-3-5-13/h6-9,12-13H,1-5,10-11H2,(H,20,21,22). The third kappa shape index (κ3) is 4.86. The Morgan fingerprint density at radius 2 is 1.96 bits per heavy atom. The summed E-state index contributed by atoms with van der Waals surface area (Å²) in [6, 6.07) is 6.47. The van der Waals surface area contributed by atoms with Gasteiger partial charge < -0.3 is 5.32 Å². The van der Waals surface area contributed by atoms with E-state index in [0.29, 0.717) is 23.9 Å². The van der Waals surface area contributed by atoms with Gasteiger partial charge in [0.2, 0.25) is 5.91 Å². The number of carbonyl (C=O) groups excluding carboxylic acids is 1. The summed E-state index contributed by atoms with van der Waals surface area (Å²) in [4.78, 5) is 17.4. The second kappa shape index (κ2) is 7.68. The number of nitrogens with one attached hydrogen (secondary N) is 1. The first-order valence-corrected chi connectivity index (χ1v) is 9.00. The van der Waals surface area contributed by atoms with Gasteiger partial charge in [0, 0.05) is 23.9 Å². The number of hydrogen-bond acceptors (Lipinski definition) is 3. The molecule has 3 nitrogen and oxygen atoms in total. The van der Waals surface area contributed by atoms with Crippen molar-refractivity contribution in [2.24, 2.45) is 5.92 Å². The van der Waals surface area contributed by atoms with Crippen LogP contribution in [0.15, 0.2) is 30.5 Å². The Bertz CT molecular complexity index is 647. The molecule has 0 radical (unpaired) electrons. The maximum Gasteiger partial charge on any atom is 0.226 e. The summed E-state index contributed by atoms with van der Waals surface area (Å²) in [6.45, 7) is 0. The molecular weight excluding hydrogens is 311 g/mol. The molecular formula is C18H21FN2OS. The van der Waals surface area contributed by atoms with Crippen LogP contribution in [0.25, 0.3) is 0 Å². The highest BCUT2D eigenvalue weighted by molar-refractivity contribution is 7.15. The molecule has 0 saturated heterocycles. The summed E-state index contributed by atoms with van der Waals surface area (Å²) < 4.78 is 12.9. The summed E-state index contributed by atoms with van der Waals surface area (Å²) in [6.07, 6.45) is 9.22. The van der Waals surface area contributed by atoms with Crippen LogP contribution in [0.1, 0.15) is 49.0 Å². The zero-order chi connectivity index (χ0) is 16.1. The van der Waals surface area contributed by atoms with Gasteiger partial charge in [-0.2, -0.15) is 0 Å².